The number of hydrogen-bond acceptors (Lipinski definition) is 3. The first-order valence-corrected chi connectivity index (χ1v) is 7.60. The maximum Gasteiger partial charge on any atom is 0.223 e. The molecule has 4 nitrogen and oxygen atoms in total. The fourth-order valence-corrected chi connectivity index (χ4v) is 2.01. The number of carbonyl (C=O) groups is 1. The predicted octanol–water partition coefficient (Wildman–Crippen LogP) is 2.37. The van der Waals surface area contributed by atoms with Crippen LogP contribution in [0.4, 0.5) is 4.39 Å². The van der Waals surface area contributed by atoms with Gasteiger partial charge in [0.2, 0.25) is 5.91 Å². The molecule has 0 spiro atoms. The van der Waals surface area contributed by atoms with Crippen molar-refractivity contribution in [1.29, 1.82) is 0 Å². The van der Waals surface area contributed by atoms with Crippen LogP contribution in [0.5, 0.6) is 5.75 Å². The van der Waals surface area contributed by atoms with Crippen LogP contribution in [-0.4, -0.2) is 25.1 Å². The summed E-state index contributed by atoms with van der Waals surface area (Å²) in [6, 6.07) is 4.85. The molecule has 0 aliphatic heterocycles. The van der Waals surface area contributed by atoms with Gasteiger partial charge in [-0.1, -0.05) is 6.92 Å². The van der Waals surface area contributed by atoms with Crippen LogP contribution in [0.3, 0.4) is 0 Å². The van der Waals surface area contributed by atoms with Gasteiger partial charge in [-0.2, -0.15) is 0 Å². The van der Waals surface area contributed by atoms with E-state index in [1.54, 1.807) is 6.07 Å². The highest BCUT2D eigenvalue weighted by Gasteiger charge is 2.22. The molecule has 0 saturated heterocycles. The highest BCUT2D eigenvalue weighted by Crippen LogP contribution is 2.20. The summed E-state index contributed by atoms with van der Waals surface area (Å²) >= 11 is 0. The largest absolute Gasteiger partial charge is 0.493 e. The van der Waals surface area contributed by atoms with Gasteiger partial charge in [0.15, 0.2) is 0 Å². The van der Waals surface area contributed by atoms with Crippen molar-refractivity contribution in [1.82, 2.24) is 10.6 Å². The summed E-state index contributed by atoms with van der Waals surface area (Å²) in [5.74, 6) is 0.381. The Kier molecular flexibility index (Phi) is 5.99. The molecule has 1 aliphatic rings. The van der Waals surface area contributed by atoms with Crippen molar-refractivity contribution in [2.75, 3.05) is 13.2 Å². The number of nitrogens with one attached hydrogen (secondary N) is 2. The number of amides is 1. The minimum absolute atomic E-state index is 0.0188. The third-order valence-corrected chi connectivity index (χ3v) is 3.29. The summed E-state index contributed by atoms with van der Waals surface area (Å²) in [5.41, 5.74) is 0.783. The topological polar surface area (TPSA) is 50.4 Å². The Morgan fingerprint density at radius 1 is 1.43 bits per heavy atom. The molecule has 1 saturated carbocycles. The molecule has 0 radical (unpaired) electrons. The maximum absolute atomic E-state index is 13.3. The van der Waals surface area contributed by atoms with E-state index >= 15 is 0 Å². The van der Waals surface area contributed by atoms with Gasteiger partial charge in [-0.25, -0.2) is 4.39 Å². The molecule has 0 atom stereocenters. The average molecular weight is 294 g/mol. The molecule has 2 rings (SSSR count). The van der Waals surface area contributed by atoms with Gasteiger partial charge in [0.1, 0.15) is 11.6 Å². The second-order valence-corrected chi connectivity index (χ2v) is 5.37. The molecule has 1 aliphatic carbocycles. The second-order valence-electron chi connectivity index (χ2n) is 5.37. The Labute approximate surface area is 125 Å². The molecule has 2 N–H and O–H groups in total. The predicted molar refractivity (Wildman–Crippen MR) is 79.7 cm³/mol. The molecule has 1 aromatic carbocycles. The Morgan fingerprint density at radius 3 is 2.95 bits per heavy atom. The van der Waals surface area contributed by atoms with Gasteiger partial charge < -0.3 is 15.4 Å². The van der Waals surface area contributed by atoms with Crippen LogP contribution in [0.1, 0.15) is 38.2 Å². The van der Waals surface area contributed by atoms with E-state index in [1.807, 2.05) is 0 Å². The lowest BCUT2D eigenvalue weighted by molar-refractivity contribution is -0.121. The van der Waals surface area contributed by atoms with Gasteiger partial charge in [0, 0.05) is 18.2 Å². The van der Waals surface area contributed by atoms with E-state index in [-0.39, 0.29) is 11.7 Å². The van der Waals surface area contributed by atoms with Gasteiger partial charge in [0.25, 0.3) is 0 Å². The van der Waals surface area contributed by atoms with Crippen LogP contribution in [0.25, 0.3) is 0 Å². The van der Waals surface area contributed by atoms with Crippen LogP contribution in [0.15, 0.2) is 18.2 Å². The number of halogens is 1. The molecule has 1 aromatic rings. The highest BCUT2D eigenvalue weighted by atomic mass is 19.1. The van der Waals surface area contributed by atoms with E-state index < -0.39 is 0 Å². The van der Waals surface area contributed by atoms with Crippen molar-refractivity contribution < 1.29 is 13.9 Å². The first kappa shape index (κ1) is 15.8. The van der Waals surface area contributed by atoms with Gasteiger partial charge in [-0.15, -0.1) is 0 Å². The molecule has 0 unspecified atom stereocenters. The number of hydrogen-bond donors (Lipinski definition) is 2. The molecule has 0 bridgehead atoms. The van der Waals surface area contributed by atoms with Gasteiger partial charge in [-0.3, -0.25) is 4.79 Å². The second kappa shape index (κ2) is 7.98. The first-order valence-electron chi connectivity index (χ1n) is 7.60. The van der Waals surface area contributed by atoms with E-state index in [0.29, 0.717) is 31.4 Å². The summed E-state index contributed by atoms with van der Waals surface area (Å²) < 4.78 is 18.9. The van der Waals surface area contributed by atoms with Crippen molar-refractivity contribution in [3.8, 4) is 5.75 Å². The Morgan fingerprint density at radius 2 is 2.24 bits per heavy atom. The van der Waals surface area contributed by atoms with Crippen LogP contribution < -0.4 is 15.4 Å². The lowest BCUT2D eigenvalue weighted by atomic mass is 10.2. The fraction of sp³-hybridized carbons (Fsp3) is 0.562. The number of benzene rings is 1. The fourth-order valence-electron chi connectivity index (χ4n) is 2.01. The summed E-state index contributed by atoms with van der Waals surface area (Å²) in [6.07, 6.45) is 3.51. The zero-order valence-corrected chi connectivity index (χ0v) is 12.5. The van der Waals surface area contributed by atoms with E-state index in [2.05, 4.69) is 17.6 Å². The first-order chi connectivity index (χ1) is 10.2. The Balaban J connectivity index is 1.81. The smallest absolute Gasteiger partial charge is 0.223 e. The standard InChI is InChI=1S/C16H23FN2O2/c1-2-8-18-11-12-10-13(17)3-6-15(12)21-9-7-16(20)19-14-4-5-14/h3,6,10,14,18H,2,4-5,7-9,11H2,1H3,(H,19,20). The van der Waals surface area contributed by atoms with Crippen molar-refractivity contribution >= 4 is 5.91 Å². The van der Waals surface area contributed by atoms with Crippen molar-refractivity contribution in [2.45, 2.75) is 45.2 Å². The summed E-state index contributed by atoms with van der Waals surface area (Å²) in [4.78, 5) is 11.6. The number of rotatable bonds is 9. The van der Waals surface area contributed by atoms with Gasteiger partial charge in [0.05, 0.1) is 13.0 Å². The Bertz CT molecular complexity index is 475. The molecule has 1 fully saturated rings. The molecular formula is C16H23FN2O2. The lowest BCUT2D eigenvalue weighted by Gasteiger charge is -2.12. The van der Waals surface area contributed by atoms with Crippen LogP contribution in [0, 0.1) is 5.82 Å². The van der Waals surface area contributed by atoms with Gasteiger partial charge >= 0.3 is 0 Å². The van der Waals surface area contributed by atoms with Crippen LogP contribution in [-0.2, 0) is 11.3 Å². The van der Waals surface area contributed by atoms with Crippen LogP contribution >= 0.6 is 0 Å². The van der Waals surface area contributed by atoms with E-state index in [9.17, 15) is 9.18 Å². The lowest BCUT2D eigenvalue weighted by Crippen LogP contribution is -2.26. The van der Waals surface area contributed by atoms with Crippen LogP contribution in [0.2, 0.25) is 0 Å². The SMILES string of the molecule is CCCNCc1cc(F)ccc1OCCC(=O)NC1CC1. The monoisotopic (exact) mass is 294 g/mol. The number of ether oxygens (including phenoxy) is 1. The molecule has 116 valence electrons. The molecule has 5 heteroatoms. The minimum atomic E-state index is -0.276. The normalized spacial score (nSPS) is 14.0. The summed E-state index contributed by atoms with van der Waals surface area (Å²) in [6.45, 7) is 3.83. The zero-order valence-electron chi connectivity index (χ0n) is 12.5. The van der Waals surface area contributed by atoms with E-state index in [4.69, 9.17) is 4.74 Å². The highest BCUT2D eigenvalue weighted by molar-refractivity contribution is 5.76. The third-order valence-electron chi connectivity index (χ3n) is 3.29. The van der Waals surface area contributed by atoms with E-state index in [0.717, 1.165) is 31.4 Å². The van der Waals surface area contributed by atoms with Gasteiger partial charge in [-0.05, 0) is 44.0 Å². The number of carbonyl (C=O) groups excluding carboxylic acids is 1. The summed E-state index contributed by atoms with van der Waals surface area (Å²) in [7, 11) is 0. The van der Waals surface area contributed by atoms with Crippen molar-refractivity contribution in [2.24, 2.45) is 0 Å². The minimum Gasteiger partial charge on any atom is -0.493 e. The molecular weight excluding hydrogens is 271 g/mol. The van der Waals surface area contributed by atoms with Crippen molar-refractivity contribution in [3.05, 3.63) is 29.6 Å². The maximum atomic E-state index is 13.3. The van der Waals surface area contributed by atoms with E-state index in [1.165, 1.54) is 12.1 Å². The molecule has 21 heavy (non-hydrogen) atoms. The molecule has 0 heterocycles. The third kappa shape index (κ3) is 5.71. The zero-order chi connectivity index (χ0) is 15.1. The summed E-state index contributed by atoms with van der Waals surface area (Å²) in [5, 5.41) is 6.14. The Hall–Kier alpha value is -1.62. The molecule has 0 aromatic heterocycles. The quantitative estimate of drug-likeness (QED) is 0.688. The van der Waals surface area contributed by atoms with Crippen molar-refractivity contribution in [3.63, 3.8) is 0 Å². The average Bonchev–Trinajstić information content (AvgIpc) is 3.25. The molecule has 1 amide bonds.